The average molecular weight is 256 g/mol. The van der Waals surface area contributed by atoms with Crippen molar-refractivity contribution in [3.05, 3.63) is 17.0 Å². The molecule has 0 saturated carbocycles. The maximum Gasteiger partial charge on any atom is 0.345 e. The first-order chi connectivity index (χ1) is 7.90. The Kier molecular flexibility index (Phi) is 4.51. The number of anilines is 1. The van der Waals surface area contributed by atoms with Crippen LogP contribution in [0.1, 0.15) is 23.5 Å². The highest BCUT2D eigenvalue weighted by molar-refractivity contribution is 7.17. The lowest BCUT2D eigenvalue weighted by molar-refractivity contribution is -0.120. The molecule has 0 radical (unpaired) electrons. The minimum Gasteiger partial charge on any atom is -0.477 e. The summed E-state index contributed by atoms with van der Waals surface area (Å²) in [5.41, 5.74) is 0. The van der Waals surface area contributed by atoms with Gasteiger partial charge >= 0.3 is 5.97 Å². The predicted molar refractivity (Wildman–Crippen MR) is 67.8 cm³/mol. The average Bonchev–Trinajstić information content (AvgIpc) is 2.64. The molecule has 5 nitrogen and oxygen atoms in total. The van der Waals surface area contributed by atoms with E-state index in [4.69, 9.17) is 5.11 Å². The van der Waals surface area contributed by atoms with Crippen molar-refractivity contribution in [2.45, 2.75) is 19.9 Å². The molecule has 1 heterocycles. The summed E-state index contributed by atoms with van der Waals surface area (Å²) in [5.74, 6) is -1.02. The van der Waals surface area contributed by atoms with Crippen molar-refractivity contribution in [2.75, 3.05) is 18.5 Å². The molecule has 0 fully saturated rings. The molecule has 6 heteroatoms. The monoisotopic (exact) mass is 256 g/mol. The second-order valence-corrected chi connectivity index (χ2v) is 5.08. The second-order valence-electron chi connectivity index (χ2n) is 4.02. The van der Waals surface area contributed by atoms with Crippen molar-refractivity contribution in [3.63, 3.8) is 0 Å². The maximum atomic E-state index is 11.5. The van der Waals surface area contributed by atoms with E-state index >= 15 is 0 Å². The third kappa shape index (κ3) is 4.07. The van der Waals surface area contributed by atoms with Gasteiger partial charge in [-0.3, -0.25) is 4.79 Å². The number of hydrogen-bond donors (Lipinski definition) is 2. The zero-order valence-electron chi connectivity index (χ0n) is 10.1. The van der Waals surface area contributed by atoms with Crippen molar-refractivity contribution in [3.8, 4) is 0 Å². The topological polar surface area (TPSA) is 69.6 Å². The number of carbonyl (C=O) groups is 2. The number of carboxylic acid groups (broad SMARTS) is 1. The Morgan fingerprint density at radius 2 is 2.12 bits per heavy atom. The zero-order valence-corrected chi connectivity index (χ0v) is 10.9. The van der Waals surface area contributed by atoms with Gasteiger partial charge in [0.15, 0.2) is 0 Å². The molecule has 17 heavy (non-hydrogen) atoms. The Bertz CT molecular complexity index is 415. The summed E-state index contributed by atoms with van der Waals surface area (Å²) in [5, 5.41) is 12.3. The van der Waals surface area contributed by atoms with Crippen LogP contribution >= 0.6 is 11.3 Å². The molecule has 0 aliphatic carbocycles. The van der Waals surface area contributed by atoms with Crippen molar-refractivity contribution in [1.82, 2.24) is 5.32 Å². The Morgan fingerprint density at radius 1 is 1.47 bits per heavy atom. The molecule has 0 spiro atoms. The van der Waals surface area contributed by atoms with E-state index in [1.807, 2.05) is 13.8 Å². The van der Waals surface area contributed by atoms with Crippen LogP contribution in [0.25, 0.3) is 0 Å². The summed E-state index contributed by atoms with van der Waals surface area (Å²) < 4.78 is 0. The van der Waals surface area contributed by atoms with Gasteiger partial charge in [0.05, 0.1) is 11.5 Å². The van der Waals surface area contributed by atoms with E-state index in [9.17, 15) is 9.59 Å². The molecule has 2 N–H and O–H groups in total. The number of nitrogens with zero attached hydrogens (tertiary/aromatic N) is 1. The quantitative estimate of drug-likeness (QED) is 0.835. The highest BCUT2D eigenvalue weighted by Gasteiger charge is 2.12. The van der Waals surface area contributed by atoms with Crippen molar-refractivity contribution in [2.24, 2.45) is 0 Å². The van der Waals surface area contributed by atoms with Crippen LogP contribution < -0.4 is 10.2 Å². The molecule has 0 unspecified atom stereocenters. The molecule has 1 aromatic rings. The van der Waals surface area contributed by atoms with Crippen LogP contribution in [0.15, 0.2) is 12.1 Å². The number of hydrogen-bond acceptors (Lipinski definition) is 4. The van der Waals surface area contributed by atoms with Gasteiger partial charge in [-0.05, 0) is 26.0 Å². The summed E-state index contributed by atoms with van der Waals surface area (Å²) in [6, 6.07) is 3.35. The first-order valence-electron chi connectivity index (χ1n) is 5.23. The predicted octanol–water partition coefficient (Wildman–Crippen LogP) is 1.41. The van der Waals surface area contributed by atoms with E-state index in [-0.39, 0.29) is 23.4 Å². The fraction of sp³-hybridized carbons (Fsp3) is 0.455. The molecule has 0 saturated heterocycles. The lowest BCUT2D eigenvalue weighted by Gasteiger charge is -2.17. The lowest BCUT2D eigenvalue weighted by atomic mass is 10.4. The van der Waals surface area contributed by atoms with Crippen LogP contribution in [0.4, 0.5) is 5.00 Å². The lowest BCUT2D eigenvalue weighted by Crippen LogP contribution is -2.38. The smallest absolute Gasteiger partial charge is 0.345 e. The highest BCUT2D eigenvalue weighted by Crippen LogP contribution is 2.24. The second kappa shape index (κ2) is 5.67. The van der Waals surface area contributed by atoms with Gasteiger partial charge in [-0.1, -0.05) is 0 Å². The molecule has 1 amide bonds. The summed E-state index contributed by atoms with van der Waals surface area (Å²) >= 11 is 1.16. The van der Waals surface area contributed by atoms with Crippen LogP contribution in [0.2, 0.25) is 0 Å². The van der Waals surface area contributed by atoms with Gasteiger partial charge < -0.3 is 15.3 Å². The van der Waals surface area contributed by atoms with Crippen LogP contribution in [0.3, 0.4) is 0 Å². The van der Waals surface area contributed by atoms with Crippen LogP contribution in [0.5, 0.6) is 0 Å². The first-order valence-corrected chi connectivity index (χ1v) is 6.05. The number of nitrogens with one attached hydrogen (secondary N) is 1. The number of aromatic carboxylic acids is 1. The Labute approximate surface area is 104 Å². The molecule has 0 aliphatic heterocycles. The van der Waals surface area contributed by atoms with Crippen molar-refractivity contribution >= 4 is 28.2 Å². The van der Waals surface area contributed by atoms with Gasteiger partial charge in [-0.2, -0.15) is 0 Å². The van der Waals surface area contributed by atoms with E-state index < -0.39 is 5.97 Å². The van der Waals surface area contributed by atoms with Crippen LogP contribution in [-0.2, 0) is 4.79 Å². The van der Waals surface area contributed by atoms with Crippen molar-refractivity contribution in [1.29, 1.82) is 0 Å². The third-order valence-electron chi connectivity index (χ3n) is 2.01. The number of carboxylic acids is 1. The Morgan fingerprint density at radius 3 is 2.59 bits per heavy atom. The number of carbonyl (C=O) groups excluding carboxylic acids is 1. The molecule has 94 valence electrons. The third-order valence-corrected chi connectivity index (χ3v) is 3.20. The van der Waals surface area contributed by atoms with Gasteiger partial charge in [0.1, 0.15) is 4.88 Å². The number of rotatable bonds is 5. The fourth-order valence-electron chi connectivity index (χ4n) is 1.31. The van der Waals surface area contributed by atoms with Gasteiger partial charge in [-0.15, -0.1) is 11.3 Å². The molecule has 0 bridgehead atoms. The van der Waals surface area contributed by atoms with E-state index in [0.29, 0.717) is 0 Å². The summed E-state index contributed by atoms with van der Waals surface area (Å²) in [6.07, 6.45) is 0. The number of amides is 1. The van der Waals surface area contributed by atoms with E-state index in [0.717, 1.165) is 16.3 Å². The molecular weight excluding hydrogens is 240 g/mol. The van der Waals surface area contributed by atoms with Crippen LogP contribution in [0, 0.1) is 0 Å². The van der Waals surface area contributed by atoms with Gasteiger partial charge in [0.25, 0.3) is 0 Å². The fourth-order valence-corrected chi connectivity index (χ4v) is 2.11. The molecular formula is C11H16N2O3S. The SMILES string of the molecule is CC(C)NC(=O)CN(C)c1ccc(C(=O)O)s1. The first kappa shape index (κ1) is 13.5. The minimum absolute atomic E-state index is 0.0761. The highest BCUT2D eigenvalue weighted by atomic mass is 32.1. The normalized spacial score (nSPS) is 10.4. The van der Waals surface area contributed by atoms with Gasteiger partial charge in [-0.25, -0.2) is 4.79 Å². The molecule has 0 atom stereocenters. The van der Waals surface area contributed by atoms with E-state index in [2.05, 4.69) is 5.32 Å². The Hall–Kier alpha value is -1.56. The molecule has 1 rings (SSSR count). The number of likely N-dealkylation sites (N-methyl/N-ethyl adjacent to an activating group) is 1. The molecule has 0 aromatic carbocycles. The summed E-state index contributed by atoms with van der Waals surface area (Å²) in [4.78, 5) is 24.2. The van der Waals surface area contributed by atoms with Crippen LogP contribution in [-0.4, -0.2) is 36.6 Å². The van der Waals surface area contributed by atoms with Crippen molar-refractivity contribution < 1.29 is 14.7 Å². The number of thiophene rings is 1. The largest absolute Gasteiger partial charge is 0.477 e. The maximum absolute atomic E-state index is 11.5. The van der Waals surface area contributed by atoms with E-state index in [1.54, 1.807) is 24.1 Å². The molecule has 0 aliphatic rings. The zero-order chi connectivity index (χ0) is 13.0. The van der Waals surface area contributed by atoms with E-state index in [1.165, 1.54) is 0 Å². The molecule has 1 aromatic heterocycles. The minimum atomic E-state index is -0.943. The standard InChI is InChI=1S/C11H16N2O3S/c1-7(2)12-9(14)6-13(3)10-5-4-8(17-10)11(15)16/h4-5,7H,6H2,1-3H3,(H,12,14)(H,15,16). The van der Waals surface area contributed by atoms with Gasteiger partial charge in [0, 0.05) is 13.1 Å². The Balaban J connectivity index is 2.60. The summed E-state index contributed by atoms with van der Waals surface area (Å²) in [6.45, 7) is 4.01. The summed E-state index contributed by atoms with van der Waals surface area (Å²) in [7, 11) is 1.76. The van der Waals surface area contributed by atoms with Gasteiger partial charge in [0.2, 0.25) is 5.91 Å².